The highest BCUT2D eigenvalue weighted by molar-refractivity contribution is 6.59. The van der Waals surface area contributed by atoms with Gasteiger partial charge >= 0.3 is 0 Å². The Labute approximate surface area is 66.5 Å². The SMILES string of the molecule is Fc1cc2ccc1=2.O=C([O-])Cl. The minimum atomic E-state index is -1.61. The van der Waals surface area contributed by atoms with Gasteiger partial charge in [-0.25, -0.2) is 4.39 Å². The van der Waals surface area contributed by atoms with Gasteiger partial charge in [0.1, 0.15) is 11.2 Å². The van der Waals surface area contributed by atoms with Gasteiger partial charge in [0.05, 0.1) is 0 Å². The minimum Gasteiger partial charge on any atom is -0.534 e. The highest BCUT2D eigenvalue weighted by Crippen LogP contribution is 2.12. The van der Waals surface area contributed by atoms with Crippen LogP contribution in [0.3, 0.4) is 0 Å². The number of rotatable bonds is 0. The van der Waals surface area contributed by atoms with Gasteiger partial charge in [-0.3, -0.25) is 0 Å². The summed E-state index contributed by atoms with van der Waals surface area (Å²) in [7, 11) is 0. The summed E-state index contributed by atoms with van der Waals surface area (Å²) in [6.45, 7) is 0. The van der Waals surface area contributed by atoms with E-state index >= 15 is 0 Å². The van der Waals surface area contributed by atoms with Crippen molar-refractivity contribution in [2.75, 3.05) is 0 Å². The second-order valence-electron chi connectivity index (χ2n) is 1.93. The summed E-state index contributed by atoms with van der Waals surface area (Å²) in [5.41, 5.74) is -1.61. The maximum Gasteiger partial charge on any atom is 0.134 e. The van der Waals surface area contributed by atoms with E-state index in [9.17, 15) is 4.39 Å². The van der Waals surface area contributed by atoms with Crippen LogP contribution in [0.2, 0.25) is 0 Å². The summed E-state index contributed by atoms with van der Waals surface area (Å²) in [6.07, 6.45) is 0. The zero-order chi connectivity index (χ0) is 8.43. The molecule has 0 aliphatic heterocycles. The molecule has 0 saturated heterocycles. The number of hydrogen-bond acceptors (Lipinski definition) is 2. The van der Waals surface area contributed by atoms with Crippen LogP contribution in [0.1, 0.15) is 0 Å². The van der Waals surface area contributed by atoms with Crippen LogP contribution >= 0.6 is 11.6 Å². The first-order valence-corrected chi connectivity index (χ1v) is 3.15. The predicted octanol–water partition coefficient (Wildman–Crippen LogP) is 0.995. The predicted molar refractivity (Wildman–Crippen MR) is 35.3 cm³/mol. The fourth-order valence-electron chi connectivity index (χ4n) is 0.743. The molecule has 58 valence electrons. The van der Waals surface area contributed by atoms with Gasteiger partial charge in [0.25, 0.3) is 0 Å². The maximum absolute atomic E-state index is 12.0. The van der Waals surface area contributed by atoms with E-state index < -0.39 is 5.43 Å². The van der Waals surface area contributed by atoms with E-state index in [4.69, 9.17) is 9.90 Å². The quantitative estimate of drug-likeness (QED) is 0.558. The molecule has 0 spiro atoms. The maximum atomic E-state index is 12.0. The first-order valence-electron chi connectivity index (χ1n) is 2.77. The Balaban J connectivity index is 0.000000134. The Hall–Kier alpha value is -1.09. The van der Waals surface area contributed by atoms with Crippen molar-refractivity contribution in [2.45, 2.75) is 0 Å². The number of hydrogen-bond donors (Lipinski definition) is 0. The normalized spacial score (nSPS) is 9.64. The Morgan fingerprint density at radius 3 is 2.09 bits per heavy atom. The van der Waals surface area contributed by atoms with E-state index in [-0.39, 0.29) is 5.82 Å². The lowest BCUT2D eigenvalue weighted by molar-refractivity contribution is -0.233. The molecule has 2 rings (SSSR count). The van der Waals surface area contributed by atoms with Gasteiger partial charge in [-0.2, -0.15) is 0 Å². The van der Waals surface area contributed by atoms with Crippen molar-refractivity contribution in [3.05, 3.63) is 34.5 Å². The molecule has 2 nitrogen and oxygen atoms in total. The molecular weight excluding hydrogens is 171 g/mol. The second kappa shape index (κ2) is 2.88. The van der Waals surface area contributed by atoms with Crippen LogP contribution in [-0.2, 0) is 0 Å². The lowest BCUT2D eigenvalue weighted by Crippen LogP contribution is -2.11. The van der Waals surface area contributed by atoms with E-state index in [1.807, 2.05) is 6.07 Å². The second-order valence-corrected chi connectivity index (χ2v) is 2.24. The smallest absolute Gasteiger partial charge is 0.134 e. The van der Waals surface area contributed by atoms with Crippen molar-refractivity contribution in [1.82, 2.24) is 0 Å². The van der Waals surface area contributed by atoms with Crippen molar-refractivity contribution >= 4 is 17.0 Å². The number of benzene rings is 1. The molecule has 0 aromatic heterocycles. The van der Waals surface area contributed by atoms with Crippen LogP contribution in [0.25, 0.3) is 0 Å². The highest BCUT2D eigenvalue weighted by atomic mass is 35.5. The summed E-state index contributed by atoms with van der Waals surface area (Å²) in [5, 5.41) is 10.5. The number of carbonyl (C=O) groups is 1. The highest BCUT2D eigenvalue weighted by Gasteiger charge is 2.01. The fourth-order valence-corrected chi connectivity index (χ4v) is 0.743. The van der Waals surface area contributed by atoms with Crippen molar-refractivity contribution in [3.63, 3.8) is 0 Å². The third-order valence-electron chi connectivity index (χ3n) is 1.28. The molecule has 0 N–H and O–H groups in total. The van der Waals surface area contributed by atoms with E-state index in [2.05, 4.69) is 11.6 Å². The molecular formula is C7H3ClFO2-. The van der Waals surface area contributed by atoms with E-state index in [1.165, 1.54) is 6.07 Å². The van der Waals surface area contributed by atoms with Gasteiger partial charge in [0, 0.05) is 5.22 Å². The van der Waals surface area contributed by atoms with Crippen LogP contribution in [0.5, 0.6) is 0 Å². The molecule has 11 heavy (non-hydrogen) atoms. The molecule has 0 heterocycles. The third kappa shape index (κ3) is 1.68. The molecule has 2 aliphatic carbocycles. The van der Waals surface area contributed by atoms with Crippen molar-refractivity contribution < 1.29 is 14.3 Å². The molecule has 0 unspecified atom stereocenters. The Kier molecular flexibility index (Phi) is 2.10. The van der Waals surface area contributed by atoms with Crippen LogP contribution in [0.4, 0.5) is 9.18 Å². The Morgan fingerprint density at radius 1 is 1.55 bits per heavy atom. The van der Waals surface area contributed by atoms with Gasteiger partial charge in [0.15, 0.2) is 0 Å². The van der Waals surface area contributed by atoms with Gasteiger partial charge in [0.2, 0.25) is 0 Å². The zero-order valence-electron chi connectivity index (χ0n) is 5.30. The Bertz CT molecular complexity index is 371. The molecule has 0 bridgehead atoms. The van der Waals surface area contributed by atoms with Crippen LogP contribution in [0, 0.1) is 16.3 Å². The van der Waals surface area contributed by atoms with Crippen molar-refractivity contribution in [2.24, 2.45) is 0 Å². The van der Waals surface area contributed by atoms with E-state index in [0.29, 0.717) is 0 Å². The number of halogens is 2. The van der Waals surface area contributed by atoms with Gasteiger partial charge in [-0.05, 0) is 11.3 Å². The molecule has 4 heteroatoms. The number of carboxylic acid groups (broad SMARTS) is 1. The molecule has 2 aliphatic rings. The van der Waals surface area contributed by atoms with Crippen molar-refractivity contribution in [3.8, 4) is 0 Å². The summed E-state index contributed by atoms with van der Waals surface area (Å²) in [4.78, 5) is 8.65. The van der Waals surface area contributed by atoms with Crippen LogP contribution < -0.4 is 5.11 Å². The van der Waals surface area contributed by atoms with E-state index in [1.54, 1.807) is 6.07 Å². The molecule has 0 radical (unpaired) electrons. The summed E-state index contributed by atoms with van der Waals surface area (Å²) >= 11 is 4.08. The largest absolute Gasteiger partial charge is 0.534 e. The fraction of sp³-hybridized carbons (Fsp3) is 0. The molecule has 0 atom stereocenters. The van der Waals surface area contributed by atoms with Gasteiger partial charge in [-0.15, -0.1) is 0 Å². The lowest BCUT2D eigenvalue weighted by atomic mass is 10.1. The molecule has 0 saturated carbocycles. The first-order chi connectivity index (χ1) is 5.11. The minimum absolute atomic E-state index is 0.0579. The molecule has 0 aromatic rings. The summed E-state index contributed by atoms with van der Waals surface area (Å²) in [5.74, 6) is -0.0579. The zero-order valence-corrected chi connectivity index (χ0v) is 6.06. The molecule has 0 aromatic carbocycles. The van der Waals surface area contributed by atoms with Gasteiger partial charge < -0.3 is 9.90 Å². The number of carbonyl (C=O) groups excluding carboxylic acids is 1. The summed E-state index contributed by atoms with van der Waals surface area (Å²) in [6, 6.07) is 5.22. The summed E-state index contributed by atoms with van der Waals surface area (Å²) < 4.78 is 12.0. The molecule has 0 fully saturated rings. The third-order valence-corrected chi connectivity index (χ3v) is 1.28. The van der Waals surface area contributed by atoms with Crippen LogP contribution in [0.15, 0.2) is 18.2 Å². The molecule has 0 amide bonds. The average molecular weight is 174 g/mol. The van der Waals surface area contributed by atoms with E-state index in [0.717, 1.165) is 10.4 Å². The first kappa shape index (κ1) is 8.01. The lowest BCUT2D eigenvalue weighted by Gasteiger charge is -2.00. The van der Waals surface area contributed by atoms with Gasteiger partial charge in [-0.1, -0.05) is 23.7 Å². The van der Waals surface area contributed by atoms with Crippen LogP contribution in [-0.4, -0.2) is 5.43 Å². The monoisotopic (exact) mass is 173 g/mol. The Morgan fingerprint density at radius 2 is 2.09 bits per heavy atom. The van der Waals surface area contributed by atoms with Crippen molar-refractivity contribution in [1.29, 1.82) is 0 Å². The topological polar surface area (TPSA) is 40.1 Å². The standard InChI is InChI=1S/C6H3F.CHClO2/c7-6-3-4-1-2-5(4)6;2-1(3)4/h1-3H;(H,3,4)/p-1. The average Bonchev–Trinajstić information content (AvgIpc) is 1.81.